The maximum absolute atomic E-state index is 9.31. The van der Waals surface area contributed by atoms with Gasteiger partial charge in [-0.2, -0.15) is 5.26 Å². The Morgan fingerprint density at radius 2 is 1.00 bits per heavy atom. The number of ether oxygens (including phenoxy) is 1. The van der Waals surface area contributed by atoms with Gasteiger partial charge in [0.25, 0.3) is 0 Å². The van der Waals surface area contributed by atoms with Crippen molar-refractivity contribution >= 4 is 0 Å². The first kappa shape index (κ1) is 22.6. The summed E-state index contributed by atoms with van der Waals surface area (Å²) in [6.07, 6.45) is 0. The highest BCUT2D eigenvalue weighted by atomic mass is 16.5. The van der Waals surface area contributed by atoms with Crippen molar-refractivity contribution in [3.8, 4) is 50.9 Å². The number of para-hydroxylation sites is 1. The van der Waals surface area contributed by atoms with Crippen LogP contribution in [0, 0.1) is 11.3 Å². The van der Waals surface area contributed by atoms with Crippen LogP contribution in [0.5, 0.6) is 11.5 Å². The summed E-state index contributed by atoms with van der Waals surface area (Å²) in [5.74, 6) is 1.79. The average molecular weight is 510 g/mol. The van der Waals surface area contributed by atoms with Crippen molar-refractivity contribution in [2.45, 2.75) is 5.41 Å². The summed E-state index contributed by atoms with van der Waals surface area (Å²) >= 11 is 0. The van der Waals surface area contributed by atoms with Gasteiger partial charge in [0, 0.05) is 11.1 Å². The van der Waals surface area contributed by atoms with E-state index >= 15 is 0 Å². The molecule has 0 fully saturated rings. The van der Waals surface area contributed by atoms with Gasteiger partial charge in [-0.1, -0.05) is 109 Å². The van der Waals surface area contributed by atoms with Crippen LogP contribution < -0.4 is 4.74 Å². The van der Waals surface area contributed by atoms with Crippen LogP contribution in [0.1, 0.15) is 27.8 Å². The lowest BCUT2D eigenvalue weighted by Crippen LogP contribution is -2.32. The van der Waals surface area contributed by atoms with Gasteiger partial charge in [-0.05, 0) is 74.8 Å². The predicted molar refractivity (Wildman–Crippen MR) is 159 cm³/mol. The molecule has 0 amide bonds. The van der Waals surface area contributed by atoms with Crippen LogP contribution in [0.2, 0.25) is 0 Å². The van der Waals surface area contributed by atoms with E-state index < -0.39 is 5.41 Å². The van der Waals surface area contributed by atoms with E-state index in [1.807, 2.05) is 30.3 Å². The number of nitrogens with zero attached hydrogens (tertiary/aromatic N) is 1. The molecule has 0 bridgehead atoms. The Kier molecular flexibility index (Phi) is 4.83. The van der Waals surface area contributed by atoms with Crippen LogP contribution in [0.4, 0.5) is 0 Å². The summed E-state index contributed by atoms with van der Waals surface area (Å²) in [5, 5.41) is 9.31. The van der Waals surface area contributed by atoms with Gasteiger partial charge in [0.05, 0.1) is 17.0 Å². The largest absolute Gasteiger partial charge is 0.457 e. The second-order valence-electron chi connectivity index (χ2n) is 10.4. The highest BCUT2D eigenvalue weighted by Crippen LogP contribution is 2.62. The quantitative estimate of drug-likeness (QED) is 0.233. The topological polar surface area (TPSA) is 33.0 Å². The van der Waals surface area contributed by atoms with Gasteiger partial charge < -0.3 is 4.74 Å². The molecule has 186 valence electrons. The highest BCUT2D eigenvalue weighted by Gasteiger charge is 2.50. The molecule has 8 rings (SSSR count). The van der Waals surface area contributed by atoms with Gasteiger partial charge in [0.15, 0.2) is 0 Å². The molecule has 0 saturated heterocycles. The van der Waals surface area contributed by atoms with Crippen molar-refractivity contribution in [3.63, 3.8) is 0 Å². The molecule has 1 aliphatic carbocycles. The second-order valence-corrected chi connectivity index (χ2v) is 10.4. The molecule has 0 radical (unpaired) electrons. The molecular formula is C38H23NO. The Hall–Kier alpha value is -5.39. The fourth-order valence-corrected chi connectivity index (χ4v) is 6.66. The van der Waals surface area contributed by atoms with Gasteiger partial charge in [-0.15, -0.1) is 0 Å². The molecule has 2 nitrogen and oxygen atoms in total. The third-order valence-corrected chi connectivity index (χ3v) is 8.39. The molecule has 40 heavy (non-hydrogen) atoms. The summed E-state index contributed by atoms with van der Waals surface area (Å²) in [7, 11) is 0. The first-order chi connectivity index (χ1) is 19.8. The van der Waals surface area contributed by atoms with E-state index in [2.05, 4.69) is 115 Å². The number of fused-ring (bicyclic) bond motifs is 9. The van der Waals surface area contributed by atoms with E-state index in [-0.39, 0.29) is 0 Å². The van der Waals surface area contributed by atoms with Gasteiger partial charge in [-0.3, -0.25) is 0 Å². The Morgan fingerprint density at radius 3 is 1.68 bits per heavy atom. The third kappa shape index (κ3) is 3.09. The first-order valence-corrected chi connectivity index (χ1v) is 13.5. The Labute approximate surface area is 233 Å². The van der Waals surface area contributed by atoms with Gasteiger partial charge in [0.2, 0.25) is 0 Å². The molecule has 0 unspecified atom stereocenters. The number of hydrogen-bond acceptors (Lipinski definition) is 2. The van der Waals surface area contributed by atoms with E-state index in [0.717, 1.165) is 39.3 Å². The number of rotatable bonds is 2. The molecule has 6 aromatic carbocycles. The van der Waals surface area contributed by atoms with E-state index in [9.17, 15) is 5.26 Å². The minimum absolute atomic E-state index is 0.467. The molecular weight excluding hydrogens is 486 g/mol. The van der Waals surface area contributed by atoms with E-state index in [4.69, 9.17) is 4.74 Å². The minimum atomic E-state index is -0.467. The Bertz CT molecular complexity index is 1950. The standard InChI is InChI=1S/C38H23NO/c39-24-25-8-7-9-28(22-25)26-16-18-27(19-17-26)29-20-21-37-35(23-29)38(34-14-5-6-15-36(34)40-37)32-12-3-1-10-30(32)31-11-2-4-13-33(31)38/h1-23H. The predicted octanol–water partition coefficient (Wildman–Crippen LogP) is 9.36. The first-order valence-electron chi connectivity index (χ1n) is 13.5. The van der Waals surface area contributed by atoms with Crippen LogP contribution in [-0.2, 0) is 5.41 Å². The van der Waals surface area contributed by atoms with Crippen molar-refractivity contribution < 1.29 is 4.74 Å². The number of nitriles is 1. The van der Waals surface area contributed by atoms with Crippen LogP contribution >= 0.6 is 0 Å². The van der Waals surface area contributed by atoms with Crippen LogP contribution in [0.15, 0.2) is 140 Å². The van der Waals surface area contributed by atoms with E-state index in [1.165, 1.54) is 27.8 Å². The SMILES string of the molecule is N#Cc1cccc(-c2ccc(-c3ccc4c(c3)C3(c5ccccc5O4)c4ccccc4-c4ccccc43)cc2)c1. The molecule has 0 N–H and O–H groups in total. The summed E-state index contributed by atoms with van der Waals surface area (Å²) in [6.45, 7) is 0. The third-order valence-electron chi connectivity index (χ3n) is 8.39. The molecule has 0 atom stereocenters. The van der Waals surface area contributed by atoms with Crippen molar-refractivity contribution in [1.29, 1.82) is 5.26 Å². The second kappa shape index (κ2) is 8.56. The molecule has 6 aromatic rings. The lowest BCUT2D eigenvalue weighted by atomic mass is 9.66. The maximum Gasteiger partial charge on any atom is 0.132 e. The van der Waals surface area contributed by atoms with Crippen molar-refractivity contribution in [2.75, 3.05) is 0 Å². The average Bonchev–Trinajstić information content (AvgIpc) is 3.32. The summed E-state index contributed by atoms with van der Waals surface area (Å²) in [4.78, 5) is 0. The minimum Gasteiger partial charge on any atom is -0.457 e. The zero-order chi connectivity index (χ0) is 26.7. The van der Waals surface area contributed by atoms with Crippen LogP contribution in [-0.4, -0.2) is 0 Å². The van der Waals surface area contributed by atoms with Crippen molar-refractivity contribution in [2.24, 2.45) is 0 Å². The molecule has 2 aliphatic rings. The zero-order valence-corrected chi connectivity index (χ0v) is 21.6. The fourth-order valence-electron chi connectivity index (χ4n) is 6.66. The summed E-state index contributed by atoms with van der Waals surface area (Å²) in [5.41, 5.74) is 12.1. The van der Waals surface area contributed by atoms with Crippen LogP contribution in [0.3, 0.4) is 0 Å². The zero-order valence-electron chi connectivity index (χ0n) is 21.6. The summed E-state index contributed by atoms with van der Waals surface area (Å²) < 4.78 is 6.56. The molecule has 1 spiro atoms. The van der Waals surface area contributed by atoms with Gasteiger partial charge >= 0.3 is 0 Å². The van der Waals surface area contributed by atoms with E-state index in [1.54, 1.807) is 0 Å². The molecule has 0 saturated carbocycles. The Morgan fingerprint density at radius 1 is 0.450 bits per heavy atom. The summed E-state index contributed by atoms with van der Waals surface area (Å²) in [6, 6.07) is 51.2. The van der Waals surface area contributed by atoms with Crippen molar-refractivity contribution in [3.05, 3.63) is 167 Å². The molecule has 1 heterocycles. The maximum atomic E-state index is 9.31. The lowest BCUT2D eigenvalue weighted by Gasteiger charge is -2.39. The van der Waals surface area contributed by atoms with Crippen molar-refractivity contribution in [1.82, 2.24) is 0 Å². The normalized spacial score (nSPS) is 13.4. The van der Waals surface area contributed by atoms with E-state index in [0.29, 0.717) is 5.56 Å². The highest BCUT2D eigenvalue weighted by molar-refractivity contribution is 5.89. The lowest BCUT2D eigenvalue weighted by molar-refractivity contribution is 0.436. The smallest absolute Gasteiger partial charge is 0.132 e. The number of benzene rings is 6. The molecule has 0 aromatic heterocycles. The number of hydrogen-bond donors (Lipinski definition) is 0. The monoisotopic (exact) mass is 509 g/mol. The fraction of sp³-hybridized carbons (Fsp3) is 0.0263. The molecule has 1 aliphatic heterocycles. The molecule has 2 heteroatoms. The Balaban J connectivity index is 1.34. The van der Waals surface area contributed by atoms with Gasteiger partial charge in [0.1, 0.15) is 11.5 Å². The van der Waals surface area contributed by atoms with Crippen LogP contribution in [0.25, 0.3) is 33.4 Å². The van der Waals surface area contributed by atoms with Gasteiger partial charge in [-0.25, -0.2) is 0 Å².